The average Bonchev–Trinajstić information content (AvgIpc) is 1.38. The van der Waals surface area contributed by atoms with Crippen LogP contribution in [0.5, 0.6) is 0 Å². The maximum absolute atomic E-state index is 9.48. The molecule has 5 heavy (non-hydrogen) atoms. The first kappa shape index (κ1) is 4.34. The molecule has 0 N–H and O–H groups in total. The number of esters is 1. The van der Waals surface area contributed by atoms with Crippen LogP contribution in [0.15, 0.2) is 0 Å². The fourth-order valence-corrected chi connectivity index (χ4v) is 0. The maximum atomic E-state index is 9.48. The topological polar surface area (TPSA) is 26.3 Å². The second kappa shape index (κ2) is 1.64. The summed E-state index contributed by atoms with van der Waals surface area (Å²) in [5.41, 5.74) is 0. The van der Waals surface area contributed by atoms with Gasteiger partial charge in [0.05, 0.1) is 7.11 Å². The van der Waals surface area contributed by atoms with Crippen molar-refractivity contribution in [3.8, 4) is 0 Å². The molecule has 0 unspecified atom stereocenters. The number of carbonyl (C=O) groups is 1. The van der Waals surface area contributed by atoms with E-state index in [9.17, 15) is 4.79 Å². The van der Waals surface area contributed by atoms with Gasteiger partial charge in [0.25, 0.3) is 0 Å². The van der Waals surface area contributed by atoms with Crippen LogP contribution in [0.1, 0.15) is 0 Å². The van der Waals surface area contributed by atoms with Crippen LogP contribution in [0, 0.1) is 6.92 Å². The largest absolute Gasteiger partial charge is 0.493 e. The van der Waals surface area contributed by atoms with Crippen LogP contribution in [-0.2, 0) is 9.53 Å². The van der Waals surface area contributed by atoms with Crippen molar-refractivity contribution in [3.05, 3.63) is 6.92 Å². The Labute approximate surface area is 30.7 Å². The van der Waals surface area contributed by atoms with Gasteiger partial charge in [0.2, 0.25) is 0 Å². The highest BCUT2D eigenvalue weighted by Crippen LogP contribution is 1.59. The van der Waals surface area contributed by atoms with Crippen molar-refractivity contribution in [2.45, 2.75) is 0 Å². The van der Waals surface area contributed by atoms with E-state index >= 15 is 0 Å². The number of carbonyl (C=O) groups excluding carboxylic acids is 1. The van der Waals surface area contributed by atoms with E-state index < -0.39 is 5.97 Å². The third-order valence-corrected chi connectivity index (χ3v) is 0.228. The summed E-state index contributed by atoms with van der Waals surface area (Å²) in [4.78, 5) is 9.48. The molecule has 0 aromatic rings. The van der Waals surface area contributed by atoms with E-state index in [-0.39, 0.29) is 0 Å². The molecule has 0 radical (unpaired) electrons. The van der Waals surface area contributed by atoms with Crippen LogP contribution in [0.2, 0.25) is 0 Å². The molecule has 0 saturated heterocycles. The van der Waals surface area contributed by atoms with Crippen LogP contribution < -0.4 is 0 Å². The molecule has 0 aliphatic rings. The first-order chi connectivity index (χ1) is 2.27. The van der Waals surface area contributed by atoms with Gasteiger partial charge >= 0.3 is 5.97 Å². The van der Waals surface area contributed by atoms with Gasteiger partial charge in [-0.2, -0.15) is 4.79 Å². The van der Waals surface area contributed by atoms with Crippen molar-refractivity contribution in [1.29, 1.82) is 0 Å². The first-order valence-corrected chi connectivity index (χ1v) is 1.17. The Morgan fingerprint density at radius 1 is 2.00 bits per heavy atom. The molecular formula is C3H5O2+. The summed E-state index contributed by atoms with van der Waals surface area (Å²) < 4.78 is 4.00. The van der Waals surface area contributed by atoms with E-state index in [2.05, 4.69) is 11.7 Å². The Balaban J connectivity index is 2.85. The Morgan fingerprint density at radius 3 is 2.20 bits per heavy atom. The molecule has 0 heterocycles. The number of hydrogen-bond donors (Lipinski definition) is 0. The molecule has 0 atom stereocenters. The first-order valence-electron chi connectivity index (χ1n) is 1.17. The molecule has 0 aliphatic heterocycles. The van der Waals surface area contributed by atoms with Gasteiger partial charge in [-0.05, 0) is 0 Å². The monoisotopic (exact) mass is 73.0 g/mol. The third kappa shape index (κ3) is 3.34. The molecular weight excluding hydrogens is 68.0 g/mol. The highest BCUT2D eigenvalue weighted by Gasteiger charge is 1.89. The zero-order chi connectivity index (χ0) is 4.28. The van der Waals surface area contributed by atoms with Crippen molar-refractivity contribution in [2.24, 2.45) is 0 Å². The van der Waals surface area contributed by atoms with Crippen LogP contribution in [-0.4, -0.2) is 13.1 Å². The number of hydrogen-bond acceptors (Lipinski definition) is 2. The van der Waals surface area contributed by atoms with Gasteiger partial charge in [-0.1, -0.05) is 0 Å². The van der Waals surface area contributed by atoms with Gasteiger partial charge in [0.15, 0.2) is 6.92 Å². The molecule has 0 bridgehead atoms. The molecule has 0 saturated carbocycles. The van der Waals surface area contributed by atoms with Crippen LogP contribution in [0.25, 0.3) is 0 Å². The minimum absolute atomic E-state index is 0.495. The summed E-state index contributed by atoms with van der Waals surface area (Å²) >= 11 is 0. The fraction of sp³-hybridized carbons (Fsp3) is 0.333. The summed E-state index contributed by atoms with van der Waals surface area (Å²) in [6.07, 6.45) is 0. The van der Waals surface area contributed by atoms with E-state index in [4.69, 9.17) is 0 Å². The summed E-state index contributed by atoms with van der Waals surface area (Å²) in [6.45, 7) is 2.90. The lowest BCUT2D eigenvalue weighted by molar-refractivity contribution is -0.135. The highest BCUT2D eigenvalue weighted by molar-refractivity contribution is 5.73. The maximum Gasteiger partial charge on any atom is 0.493 e. The van der Waals surface area contributed by atoms with Gasteiger partial charge in [-0.25, -0.2) is 0 Å². The smallest absolute Gasteiger partial charge is 0.433 e. The standard InChI is InChI=1S/C3H5O2/c1-3(4)5-2/h1H2,2H3/q+1. The van der Waals surface area contributed by atoms with Gasteiger partial charge in [-0.3, -0.25) is 0 Å². The lowest BCUT2D eigenvalue weighted by Gasteiger charge is -1.72. The summed E-state index contributed by atoms with van der Waals surface area (Å²) in [5.74, 6) is -0.495. The molecule has 0 fully saturated rings. The van der Waals surface area contributed by atoms with Crippen molar-refractivity contribution in [1.82, 2.24) is 0 Å². The second-order valence-electron chi connectivity index (χ2n) is 0.576. The predicted octanol–water partition coefficient (Wildman–Crippen LogP) is -0.00651. The minimum Gasteiger partial charge on any atom is -0.433 e. The Hall–Kier alpha value is -0.660. The molecule has 0 spiro atoms. The molecule has 2 nitrogen and oxygen atoms in total. The minimum atomic E-state index is -0.495. The van der Waals surface area contributed by atoms with Gasteiger partial charge in [0.1, 0.15) is 0 Å². The van der Waals surface area contributed by atoms with Gasteiger partial charge < -0.3 is 4.74 Å². The number of ether oxygens (including phenoxy) is 1. The summed E-state index contributed by atoms with van der Waals surface area (Å²) in [6, 6.07) is 0. The van der Waals surface area contributed by atoms with Crippen molar-refractivity contribution in [3.63, 3.8) is 0 Å². The normalized spacial score (nSPS) is 6.60. The lowest BCUT2D eigenvalue weighted by atomic mass is 10.8. The zero-order valence-corrected chi connectivity index (χ0v) is 3.02. The zero-order valence-electron chi connectivity index (χ0n) is 3.02. The molecule has 0 amide bonds. The van der Waals surface area contributed by atoms with Crippen LogP contribution in [0.4, 0.5) is 0 Å². The van der Waals surface area contributed by atoms with E-state index in [0.717, 1.165) is 0 Å². The predicted molar refractivity (Wildman–Crippen MR) is 17.4 cm³/mol. The molecule has 0 aliphatic carbocycles. The summed E-state index contributed by atoms with van der Waals surface area (Å²) in [7, 11) is 1.29. The Kier molecular flexibility index (Phi) is 1.42. The van der Waals surface area contributed by atoms with Gasteiger partial charge in [-0.15, -0.1) is 0 Å². The molecule has 0 rings (SSSR count). The Morgan fingerprint density at radius 2 is 2.20 bits per heavy atom. The number of rotatable bonds is 0. The lowest BCUT2D eigenvalue weighted by Crippen LogP contribution is -1.89. The van der Waals surface area contributed by atoms with Gasteiger partial charge in [0, 0.05) is 0 Å². The Bertz CT molecular complexity index is 40.2. The molecule has 2 heteroatoms. The van der Waals surface area contributed by atoms with Crippen molar-refractivity contribution in [2.75, 3.05) is 7.11 Å². The van der Waals surface area contributed by atoms with E-state index in [1.807, 2.05) is 0 Å². The van der Waals surface area contributed by atoms with E-state index in [0.29, 0.717) is 0 Å². The number of methoxy groups -OCH3 is 1. The third-order valence-electron chi connectivity index (χ3n) is 0.228. The summed E-state index contributed by atoms with van der Waals surface area (Å²) in [5, 5.41) is 0. The molecule has 0 aromatic carbocycles. The van der Waals surface area contributed by atoms with E-state index in [1.54, 1.807) is 0 Å². The van der Waals surface area contributed by atoms with Crippen LogP contribution >= 0.6 is 0 Å². The SMILES string of the molecule is [CH2+]C(=O)OC. The second-order valence-corrected chi connectivity index (χ2v) is 0.576. The average molecular weight is 73.1 g/mol. The quantitative estimate of drug-likeness (QED) is 0.298. The highest BCUT2D eigenvalue weighted by atomic mass is 16.5. The van der Waals surface area contributed by atoms with Crippen molar-refractivity contribution < 1.29 is 9.53 Å². The molecule has 28 valence electrons. The molecule has 0 aromatic heterocycles. The van der Waals surface area contributed by atoms with E-state index in [1.165, 1.54) is 7.11 Å². The fourth-order valence-electron chi connectivity index (χ4n) is 0. The van der Waals surface area contributed by atoms with Crippen LogP contribution in [0.3, 0.4) is 0 Å². The van der Waals surface area contributed by atoms with Crippen molar-refractivity contribution >= 4 is 5.97 Å².